The number of aromatic amines is 1. The van der Waals surface area contributed by atoms with E-state index in [1.165, 1.54) is 24.3 Å². The van der Waals surface area contributed by atoms with Crippen LogP contribution in [-0.2, 0) is 16.6 Å². The average molecular weight is 809 g/mol. The van der Waals surface area contributed by atoms with E-state index in [9.17, 15) is 23.3 Å². The van der Waals surface area contributed by atoms with Gasteiger partial charge in [-0.15, -0.1) is 0 Å². The van der Waals surface area contributed by atoms with Crippen molar-refractivity contribution in [2.45, 2.75) is 11.4 Å². The van der Waals surface area contributed by atoms with Gasteiger partial charge in [0.15, 0.2) is 0 Å². The number of nitro groups is 1. The van der Waals surface area contributed by atoms with Gasteiger partial charge < -0.3 is 24.3 Å². The van der Waals surface area contributed by atoms with Crippen LogP contribution in [0.15, 0.2) is 120 Å². The minimum atomic E-state index is -4.47. The minimum Gasteiger partial charge on any atom is -0.492 e. The minimum absolute atomic E-state index is 0.0282. The molecule has 1 fully saturated rings. The van der Waals surface area contributed by atoms with Gasteiger partial charge in [0, 0.05) is 90.8 Å². The molecular formula is C42H41ClN6O7S. The fourth-order valence-electron chi connectivity index (χ4n) is 6.73. The third-order valence-electron chi connectivity index (χ3n) is 9.75. The number of fused-ring (bicyclic) bond motifs is 1. The summed E-state index contributed by atoms with van der Waals surface area (Å²) >= 11 is 6.23. The Labute approximate surface area is 335 Å². The van der Waals surface area contributed by atoms with E-state index >= 15 is 0 Å². The number of nitrogens with zero attached hydrogens (tertiary/aromatic N) is 4. The number of hydrogen-bond donors (Lipinski definition) is 2. The molecule has 5 aromatic carbocycles. The maximum Gasteiger partial charge on any atom is 0.270 e. The average Bonchev–Trinajstić information content (AvgIpc) is 3.69. The van der Waals surface area contributed by atoms with Crippen molar-refractivity contribution >= 4 is 49.8 Å². The summed E-state index contributed by atoms with van der Waals surface area (Å²) in [6.45, 7) is 4.79. The van der Waals surface area contributed by atoms with Crippen LogP contribution in [0.25, 0.3) is 22.0 Å². The Morgan fingerprint density at radius 2 is 1.63 bits per heavy atom. The molecule has 2 heterocycles. The van der Waals surface area contributed by atoms with Crippen molar-refractivity contribution in [1.82, 2.24) is 19.5 Å². The largest absolute Gasteiger partial charge is 0.492 e. The number of anilines is 1. The zero-order chi connectivity index (χ0) is 40.1. The molecule has 1 aromatic heterocycles. The van der Waals surface area contributed by atoms with Gasteiger partial charge in [-0.3, -0.25) is 19.8 Å². The predicted molar refractivity (Wildman–Crippen MR) is 221 cm³/mol. The third-order valence-corrected chi connectivity index (χ3v) is 11.3. The van der Waals surface area contributed by atoms with Crippen molar-refractivity contribution in [1.29, 1.82) is 0 Å². The molecule has 1 saturated heterocycles. The molecule has 7 rings (SSSR count). The fraction of sp³-hybridized carbons (Fsp3) is 0.214. The number of H-pyrrole nitrogens is 1. The number of hydrogen-bond acceptors (Lipinski definition) is 10. The van der Waals surface area contributed by atoms with Crippen LogP contribution >= 0.6 is 11.6 Å². The molecule has 0 saturated carbocycles. The number of amides is 1. The summed E-state index contributed by atoms with van der Waals surface area (Å²) < 4.78 is 41.3. The molecule has 0 radical (unpaired) electrons. The Morgan fingerprint density at radius 3 is 2.39 bits per heavy atom. The van der Waals surface area contributed by atoms with Crippen molar-refractivity contribution in [2.75, 3.05) is 58.3 Å². The maximum atomic E-state index is 13.7. The van der Waals surface area contributed by atoms with E-state index in [1.54, 1.807) is 24.4 Å². The van der Waals surface area contributed by atoms with E-state index in [4.69, 9.17) is 21.1 Å². The van der Waals surface area contributed by atoms with Gasteiger partial charge in [-0.25, -0.2) is 13.1 Å². The summed E-state index contributed by atoms with van der Waals surface area (Å²) in [4.78, 5) is 33.7. The molecule has 0 aliphatic carbocycles. The van der Waals surface area contributed by atoms with Crippen LogP contribution in [0.2, 0.25) is 5.02 Å². The summed E-state index contributed by atoms with van der Waals surface area (Å²) in [6, 6.07) is 30.8. The number of rotatable bonds is 14. The van der Waals surface area contributed by atoms with Gasteiger partial charge in [0.2, 0.25) is 0 Å². The number of carbonyl (C=O) groups excluding carboxylic acids is 1. The van der Waals surface area contributed by atoms with Crippen LogP contribution < -0.4 is 19.1 Å². The lowest BCUT2D eigenvalue weighted by molar-refractivity contribution is -0.385. The Balaban J connectivity index is 1.13. The Bertz CT molecular complexity index is 2520. The van der Waals surface area contributed by atoms with E-state index in [0.29, 0.717) is 37.0 Å². The Hall–Kier alpha value is -5.93. The number of sulfonamides is 1. The number of non-ortho nitro benzene ring substituents is 1. The van der Waals surface area contributed by atoms with E-state index in [0.717, 1.165) is 64.7 Å². The molecule has 0 atom stereocenters. The summed E-state index contributed by atoms with van der Waals surface area (Å²) in [5, 5.41) is 12.8. The van der Waals surface area contributed by atoms with Gasteiger partial charge in [0.05, 0.1) is 15.4 Å². The van der Waals surface area contributed by atoms with Gasteiger partial charge in [-0.05, 0) is 79.8 Å². The zero-order valence-electron chi connectivity index (χ0n) is 31.4. The van der Waals surface area contributed by atoms with Crippen molar-refractivity contribution in [2.24, 2.45) is 0 Å². The number of benzene rings is 5. The van der Waals surface area contributed by atoms with Crippen LogP contribution in [0.3, 0.4) is 0 Å². The normalized spacial score (nSPS) is 13.5. The highest BCUT2D eigenvalue weighted by molar-refractivity contribution is 7.90. The number of likely N-dealkylation sites (N-methyl/N-ethyl adjacent to an activating group) is 1. The number of carbonyl (C=O) groups is 1. The van der Waals surface area contributed by atoms with Crippen molar-refractivity contribution in [3.63, 3.8) is 0 Å². The lowest BCUT2D eigenvalue weighted by Crippen LogP contribution is -2.46. The van der Waals surface area contributed by atoms with Crippen LogP contribution in [-0.4, -0.2) is 87.5 Å². The maximum absolute atomic E-state index is 13.7. The first kappa shape index (κ1) is 39.3. The number of nitrogens with one attached hydrogen (secondary N) is 2. The zero-order valence-corrected chi connectivity index (χ0v) is 32.9. The molecule has 0 spiro atoms. The van der Waals surface area contributed by atoms with Crippen molar-refractivity contribution in [3.8, 4) is 28.4 Å². The molecule has 0 bridgehead atoms. The summed E-state index contributed by atoms with van der Waals surface area (Å²) in [7, 11) is -0.444. The molecule has 57 heavy (non-hydrogen) atoms. The highest BCUT2D eigenvalue weighted by atomic mass is 35.5. The van der Waals surface area contributed by atoms with E-state index < -0.39 is 31.4 Å². The number of ether oxygens (including phenoxy) is 2. The van der Waals surface area contributed by atoms with Crippen LogP contribution in [0.5, 0.6) is 17.2 Å². The molecule has 294 valence electrons. The highest BCUT2D eigenvalue weighted by Gasteiger charge is 2.26. The summed E-state index contributed by atoms with van der Waals surface area (Å²) in [5.74, 6) is 0.505. The van der Waals surface area contributed by atoms with Gasteiger partial charge in [0.25, 0.3) is 21.6 Å². The number of piperazine rings is 1. The van der Waals surface area contributed by atoms with Gasteiger partial charge in [-0.1, -0.05) is 48.0 Å². The SMILES string of the molecule is CN(C)CCOc1cccc(-c2ccc(Cl)cc2)c1CN1CCN(c2ccc(C(=O)NS(=O)(=O)c3cccc([N+](=O)[O-])c3)c(Oc3cccc4[nH]ccc34)c2)CC1. The third kappa shape index (κ3) is 9.21. The number of aromatic nitrogens is 1. The second kappa shape index (κ2) is 17.1. The van der Waals surface area contributed by atoms with E-state index in [2.05, 4.69) is 30.5 Å². The molecule has 1 aliphatic heterocycles. The van der Waals surface area contributed by atoms with Crippen molar-refractivity contribution < 1.29 is 27.6 Å². The lowest BCUT2D eigenvalue weighted by atomic mass is 9.98. The van der Waals surface area contributed by atoms with Crippen molar-refractivity contribution in [3.05, 3.63) is 142 Å². The van der Waals surface area contributed by atoms with E-state index in [-0.39, 0.29) is 11.3 Å². The first-order chi connectivity index (χ1) is 27.4. The first-order valence-corrected chi connectivity index (χ1v) is 20.1. The monoisotopic (exact) mass is 808 g/mol. The molecule has 1 aliphatic rings. The Morgan fingerprint density at radius 1 is 0.895 bits per heavy atom. The molecule has 13 nitrogen and oxygen atoms in total. The number of nitro benzene ring substituents is 1. The predicted octanol–water partition coefficient (Wildman–Crippen LogP) is 7.57. The molecule has 2 N–H and O–H groups in total. The second-order valence-electron chi connectivity index (χ2n) is 13.9. The van der Waals surface area contributed by atoms with Crippen LogP contribution in [0.1, 0.15) is 15.9 Å². The quantitative estimate of drug-likeness (QED) is 0.0834. The molecule has 0 unspecified atom stereocenters. The Kier molecular flexibility index (Phi) is 11.8. The molecule has 1 amide bonds. The lowest BCUT2D eigenvalue weighted by Gasteiger charge is -2.37. The van der Waals surface area contributed by atoms with E-state index in [1.807, 2.05) is 68.7 Å². The molecule has 15 heteroatoms. The molecule has 6 aromatic rings. The molecular weight excluding hydrogens is 768 g/mol. The van der Waals surface area contributed by atoms with Gasteiger partial charge in [-0.2, -0.15) is 0 Å². The second-order valence-corrected chi connectivity index (χ2v) is 16.0. The number of halogens is 1. The smallest absolute Gasteiger partial charge is 0.270 e. The standard InChI is InChI=1S/C42H41ClN6O7S/c1-46(2)24-25-55-39-10-4-8-34(29-12-14-30(43)15-13-29)37(39)28-47-20-22-48(23-21-47)31-16-17-36(41(27-31)56-40-11-5-9-38-35(40)18-19-44-38)42(50)45-57(53,54)33-7-3-6-32(26-33)49(51)52/h3-19,26-27,44H,20-25,28H2,1-2H3,(H,45,50). The summed E-state index contributed by atoms with van der Waals surface area (Å²) in [6.07, 6.45) is 1.78. The topological polar surface area (TPSA) is 150 Å². The fourth-order valence-corrected chi connectivity index (χ4v) is 7.87. The van der Waals surface area contributed by atoms with Gasteiger partial charge in [0.1, 0.15) is 23.9 Å². The first-order valence-electron chi connectivity index (χ1n) is 18.3. The van der Waals surface area contributed by atoms with Gasteiger partial charge >= 0.3 is 0 Å². The van der Waals surface area contributed by atoms with Crippen LogP contribution in [0.4, 0.5) is 11.4 Å². The van der Waals surface area contributed by atoms with Crippen LogP contribution in [0, 0.1) is 10.1 Å². The summed E-state index contributed by atoms with van der Waals surface area (Å²) in [5.41, 5.74) is 4.39. The highest BCUT2D eigenvalue weighted by Crippen LogP contribution is 2.36.